The van der Waals surface area contributed by atoms with E-state index < -0.39 is 0 Å². The summed E-state index contributed by atoms with van der Waals surface area (Å²) in [6.45, 7) is 4.00. The van der Waals surface area contributed by atoms with Crippen LogP contribution in [0.25, 0.3) is 5.69 Å². The molecule has 0 unspecified atom stereocenters. The third-order valence-corrected chi connectivity index (χ3v) is 7.18. The average molecular weight is 484 g/mol. The van der Waals surface area contributed by atoms with E-state index in [2.05, 4.69) is 11.4 Å². The number of carbonyl (C=O) groups is 1. The Hall–Kier alpha value is -2.91. The van der Waals surface area contributed by atoms with Gasteiger partial charge in [0, 0.05) is 23.9 Å². The third kappa shape index (κ3) is 5.04. The van der Waals surface area contributed by atoms with Crippen LogP contribution in [0.4, 0.5) is 5.69 Å². The van der Waals surface area contributed by atoms with E-state index in [9.17, 15) is 9.59 Å². The van der Waals surface area contributed by atoms with Crippen molar-refractivity contribution in [3.05, 3.63) is 63.6 Å². The molecule has 1 aliphatic heterocycles. The van der Waals surface area contributed by atoms with Crippen molar-refractivity contribution in [3.8, 4) is 17.2 Å². The topological polar surface area (TPSA) is 82.5 Å². The van der Waals surface area contributed by atoms with Gasteiger partial charge in [-0.25, -0.2) is 4.98 Å². The molecular weight excluding hydrogens is 458 g/mol. The zero-order valence-electron chi connectivity index (χ0n) is 18.9. The van der Waals surface area contributed by atoms with Crippen LogP contribution in [-0.4, -0.2) is 41.2 Å². The maximum absolute atomic E-state index is 13.3. The minimum Gasteiger partial charge on any atom is -0.493 e. The van der Waals surface area contributed by atoms with E-state index in [-0.39, 0.29) is 17.2 Å². The Morgan fingerprint density at radius 1 is 1.12 bits per heavy atom. The lowest BCUT2D eigenvalue weighted by Crippen LogP contribution is -2.25. The second-order valence-electron chi connectivity index (χ2n) is 7.66. The van der Waals surface area contributed by atoms with Crippen LogP contribution in [0, 0.1) is 13.8 Å². The number of amides is 1. The molecule has 2 aromatic carbocycles. The molecule has 9 heteroatoms. The number of methoxy groups -OCH3 is 2. The van der Waals surface area contributed by atoms with Crippen molar-refractivity contribution in [2.75, 3.05) is 31.0 Å². The van der Waals surface area contributed by atoms with Gasteiger partial charge >= 0.3 is 0 Å². The maximum atomic E-state index is 13.3. The molecule has 7 nitrogen and oxygen atoms in total. The fourth-order valence-corrected chi connectivity index (χ4v) is 5.59. The summed E-state index contributed by atoms with van der Waals surface area (Å²) in [5.74, 6) is 1.87. The number of rotatable bonds is 7. The van der Waals surface area contributed by atoms with Crippen LogP contribution in [-0.2, 0) is 11.2 Å². The fourth-order valence-electron chi connectivity index (χ4n) is 3.74. The lowest BCUT2D eigenvalue weighted by Gasteiger charge is -2.15. The van der Waals surface area contributed by atoms with Crippen molar-refractivity contribution < 1.29 is 14.3 Å². The molecule has 0 atom stereocenters. The minimum atomic E-state index is -0.205. The SMILES string of the molecule is COc1ccc(NC(=O)CSc2nc3c(c(=O)n2-c2cc(C)cc(C)c2)SCC3)cc1OC. The molecule has 0 aliphatic carbocycles. The molecule has 1 aliphatic rings. The number of benzene rings is 2. The highest BCUT2D eigenvalue weighted by atomic mass is 32.2. The summed E-state index contributed by atoms with van der Waals surface area (Å²) >= 11 is 2.80. The molecule has 0 saturated carbocycles. The van der Waals surface area contributed by atoms with E-state index in [0.717, 1.165) is 34.7 Å². The van der Waals surface area contributed by atoms with E-state index in [1.807, 2.05) is 26.0 Å². The van der Waals surface area contributed by atoms with E-state index in [1.54, 1.807) is 48.7 Å². The zero-order valence-corrected chi connectivity index (χ0v) is 20.6. The van der Waals surface area contributed by atoms with Gasteiger partial charge in [-0.2, -0.15) is 0 Å². The molecule has 1 amide bonds. The summed E-state index contributed by atoms with van der Waals surface area (Å²) < 4.78 is 12.2. The van der Waals surface area contributed by atoms with E-state index >= 15 is 0 Å². The van der Waals surface area contributed by atoms with Crippen LogP contribution < -0.4 is 20.3 Å². The molecule has 3 aromatic rings. The van der Waals surface area contributed by atoms with Crippen LogP contribution in [0.15, 0.2) is 51.2 Å². The number of hydrogen-bond donors (Lipinski definition) is 1. The van der Waals surface area contributed by atoms with Crippen molar-refractivity contribution in [2.45, 2.75) is 30.3 Å². The molecule has 0 fully saturated rings. The number of thioether (sulfide) groups is 2. The maximum Gasteiger partial charge on any atom is 0.272 e. The van der Waals surface area contributed by atoms with Gasteiger partial charge in [0.15, 0.2) is 16.7 Å². The normalized spacial score (nSPS) is 12.4. The van der Waals surface area contributed by atoms with Gasteiger partial charge < -0.3 is 14.8 Å². The lowest BCUT2D eigenvalue weighted by molar-refractivity contribution is -0.113. The van der Waals surface area contributed by atoms with Crippen LogP contribution >= 0.6 is 23.5 Å². The molecule has 1 aromatic heterocycles. The fraction of sp³-hybridized carbons (Fsp3) is 0.292. The van der Waals surface area contributed by atoms with Gasteiger partial charge in [-0.05, 0) is 49.2 Å². The molecule has 0 radical (unpaired) electrons. The molecule has 0 saturated heterocycles. The zero-order chi connectivity index (χ0) is 23.5. The summed E-state index contributed by atoms with van der Waals surface area (Å²) in [6.07, 6.45) is 0.758. The molecule has 4 rings (SSSR count). The van der Waals surface area contributed by atoms with Crippen LogP contribution in [0.1, 0.15) is 16.8 Å². The van der Waals surface area contributed by atoms with Crippen LogP contribution in [0.3, 0.4) is 0 Å². The third-order valence-electron chi connectivity index (χ3n) is 5.13. The molecule has 0 bridgehead atoms. The van der Waals surface area contributed by atoms with Crippen molar-refractivity contribution in [3.63, 3.8) is 0 Å². The summed E-state index contributed by atoms with van der Waals surface area (Å²) in [5, 5.41) is 3.39. The highest BCUT2D eigenvalue weighted by Crippen LogP contribution is 2.31. The number of nitrogens with one attached hydrogen (secondary N) is 1. The smallest absolute Gasteiger partial charge is 0.272 e. The Morgan fingerprint density at radius 2 is 1.85 bits per heavy atom. The largest absolute Gasteiger partial charge is 0.493 e. The number of hydrogen-bond acceptors (Lipinski definition) is 7. The van der Waals surface area contributed by atoms with Gasteiger partial charge in [-0.15, -0.1) is 11.8 Å². The second kappa shape index (κ2) is 9.93. The minimum absolute atomic E-state index is 0.0738. The quantitative estimate of drug-likeness (QED) is 0.397. The van der Waals surface area contributed by atoms with Gasteiger partial charge in [0.2, 0.25) is 5.91 Å². The van der Waals surface area contributed by atoms with Gasteiger partial charge in [0.25, 0.3) is 5.56 Å². The van der Waals surface area contributed by atoms with Crippen molar-refractivity contribution >= 4 is 35.1 Å². The first kappa shape index (κ1) is 23.3. The first-order chi connectivity index (χ1) is 15.9. The molecule has 33 heavy (non-hydrogen) atoms. The number of carbonyl (C=O) groups excluding carboxylic acids is 1. The molecule has 172 valence electrons. The number of fused-ring (bicyclic) bond motifs is 1. The Morgan fingerprint density at radius 3 is 2.55 bits per heavy atom. The van der Waals surface area contributed by atoms with Gasteiger partial charge in [-0.1, -0.05) is 17.8 Å². The number of ether oxygens (including phenoxy) is 2. The summed E-state index contributed by atoms with van der Waals surface area (Å²) in [6, 6.07) is 11.2. The average Bonchev–Trinajstić information content (AvgIpc) is 3.26. The first-order valence-corrected chi connectivity index (χ1v) is 12.4. The lowest BCUT2D eigenvalue weighted by atomic mass is 10.1. The van der Waals surface area contributed by atoms with E-state index in [4.69, 9.17) is 14.5 Å². The molecule has 0 spiro atoms. The summed E-state index contributed by atoms with van der Waals surface area (Å²) in [4.78, 5) is 31.5. The number of nitrogens with zero attached hydrogens (tertiary/aromatic N) is 2. The van der Waals surface area contributed by atoms with E-state index in [0.29, 0.717) is 27.2 Å². The van der Waals surface area contributed by atoms with Gasteiger partial charge in [-0.3, -0.25) is 14.2 Å². The molecule has 1 N–H and O–H groups in total. The Balaban J connectivity index is 1.60. The van der Waals surface area contributed by atoms with Gasteiger partial charge in [0.1, 0.15) is 0 Å². The van der Waals surface area contributed by atoms with Crippen molar-refractivity contribution in [1.82, 2.24) is 9.55 Å². The van der Waals surface area contributed by atoms with Crippen LogP contribution in [0.5, 0.6) is 11.5 Å². The predicted molar refractivity (Wildman–Crippen MR) is 133 cm³/mol. The highest BCUT2D eigenvalue weighted by Gasteiger charge is 2.23. The molecular formula is C24H25N3O4S2. The Kier molecular flexibility index (Phi) is 6.99. The van der Waals surface area contributed by atoms with Crippen molar-refractivity contribution in [1.29, 1.82) is 0 Å². The number of aryl methyl sites for hydroxylation is 3. The number of anilines is 1. The monoisotopic (exact) mass is 483 g/mol. The predicted octanol–water partition coefficient (Wildman–Crippen LogP) is 4.25. The summed E-state index contributed by atoms with van der Waals surface area (Å²) in [5.41, 5.74) is 4.23. The van der Waals surface area contributed by atoms with Crippen molar-refractivity contribution in [2.24, 2.45) is 0 Å². The number of aromatic nitrogens is 2. The van der Waals surface area contributed by atoms with Gasteiger partial charge in [0.05, 0.1) is 36.2 Å². The standard InChI is InChI=1S/C24H25N3O4S2/c1-14-9-15(2)11-17(10-14)27-23(29)22-18(7-8-32-22)26-24(27)33-13-21(28)25-16-5-6-19(30-3)20(12-16)31-4/h5-6,9-12H,7-8,13H2,1-4H3,(H,25,28). The van der Waals surface area contributed by atoms with E-state index in [1.165, 1.54) is 11.8 Å². The second-order valence-corrected chi connectivity index (χ2v) is 9.71. The van der Waals surface area contributed by atoms with Crippen LogP contribution in [0.2, 0.25) is 0 Å². The highest BCUT2D eigenvalue weighted by molar-refractivity contribution is 8.00. The summed E-state index contributed by atoms with van der Waals surface area (Å²) in [7, 11) is 3.10. The first-order valence-electron chi connectivity index (χ1n) is 10.4. The Labute approximate surface area is 200 Å². The Bertz CT molecular complexity index is 1250. The molecule has 2 heterocycles.